The number of rotatable bonds is 7. The highest BCUT2D eigenvalue weighted by Gasteiger charge is 2.31. The first kappa shape index (κ1) is 32.7. The van der Waals surface area contributed by atoms with Gasteiger partial charge in [0, 0.05) is 0 Å². The van der Waals surface area contributed by atoms with E-state index in [0.717, 1.165) is 36.5 Å². The predicted molar refractivity (Wildman–Crippen MR) is 149 cm³/mol. The van der Waals surface area contributed by atoms with Gasteiger partial charge in [0.25, 0.3) is 0 Å². The first-order chi connectivity index (χ1) is 19.6. The maximum absolute atomic E-state index is 12.7. The Morgan fingerprint density at radius 1 is 0.976 bits per heavy atom. The average molecular weight is 667 g/mol. The van der Waals surface area contributed by atoms with Crippen LogP contribution in [0, 0.1) is 0 Å². The van der Waals surface area contributed by atoms with Crippen molar-refractivity contribution >= 4 is 74.3 Å². The summed E-state index contributed by atoms with van der Waals surface area (Å²) in [5.41, 5.74) is -0.621. The minimum Gasteiger partial charge on any atom is -0.480 e. The molecule has 0 saturated heterocycles. The highest BCUT2D eigenvalue weighted by atomic mass is 35.5. The Balaban J connectivity index is 0.000000271. The molecule has 222 valence electrons. The zero-order chi connectivity index (χ0) is 31.4. The zero-order valence-corrected chi connectivity index (χ0v) is 24.0. The molecule has 0 bridgehead atoms. The van der Waals surface area contributed by atoms with E-state index in [2.05, 4.69) is 0 Å². The van der Waals surface area contributed by atoms with Gasteiger partial charge in [-0.3, -0.25) is 14.2 Å². The van der Waals surface area contributed by atoms with Gasteiger partial charge in [0.2, 0.25) is 0 Å². The van der Waals surface area contributed by atoms with E-state index in [1.165, 1.54) is 16.7 Å². The summed E-state index contributed by atoms with van der Waals surface area (Å²) in [6.07, 6.45) is -5.96. The molecular weight excluding hydrogens is 650 g/mol. The van der Waals surface area contributed by atoms with E-state index in [9.17, 15) is 32.3 Å². The van der Waals surface area contributed by atoms with Crippen LogP contribution in [-0.4, -0.2) is 38.8 Å². The van der Waals surface area contributed by atoms with E-state index in [4.69, 9.17) is 54.5 Å². The monoisotopic (exact) mass is 665 g/mol. The Kier molecular flexibility index (Phi) is 10.5. The Labute approximate surface area is 253 Å². The first-order valence-corrected chi connectivity index (χ1v) is 13.3. The molecule has 16 heteroatoms. The molecule has 42 heavy (non-hydrogen) atoms. The van der Waals surface area contributed by atoms with E-state index >= 15 is 0 Å². The van der Waals surface area contributed by atoms with Gasteiger partial charge in [-0.2, -0.15) is 13.2 Å². The molecule has 0 aliphatic rings. The molecule has 0 fully saturated rings. The highest BCUT2D eigenvalue weighted by Crippen LogP contribution is 2.37. The minimum absolute atomic E-state index is 0.0246. The third-order valence-corrected chi connectivity index (χ3v) is 7.08. The molecule has 1 aromatic heterocycles. The van der Waals surface area contributed by atoms with Crippen LogP contribution in [0.15, 0.2) is 59.4 Å². The van der Waals surface area contributed by atoms with E-state index in [-0.39, 0.29) is 38.5 Å². The van der Waals surface area contributed by atoms with Gasteiger partial charge in [0.05, 0.1) is 36.4 Å². The fraction of sp³-hybridized carbons (Fsp3) is 0.154. The average Bonchev–Trinajstić information content (AvgIpc) is 3.21. The SMILES string of the molecule is C[C@H](OC(=O)c1cc(Oc2ccc(C(F)(F)F)cc2Cl)ccc1Cl)C(=O)O.O=C(O)Cn1c(=O)sc2cccc(Cl)c21. The number of fused-ring (bicyclic) bond motifs is 1. The molecule has 3 aromatic carbocycles. The number of aliphatic carboxylic acids is 2. The van der Waals surface area contributed by atoms with E-state index < -0.39 is 35.8 Å². The number of esters is 1. The summed E-state index contributed by atoms with van der Waals surface area (Å²) in [6.45, 7) is 0.805. The summed E-state index contributed by atoms with van der Waals surface area (Å²) in [6, 6.07) is 11.4. The number of carbonyl (C=O) groups is 3. The van der Waals surface area contributed by atoms with Crippen LogP contribution >= 0.6 is 46.1 Å². The molecule has 1 atom stereocenters. The maximum Gasteiger partial charge on any atom is 0.416 e. The van der Waals surface area contributed by atoms with Gasteiger partial charge in [0.1, 0.15) is 18.0 Å². The van der Waals surface area contributed by atoms with Crippen molar-refractivity contribution in [3.8, 4) is 11.5 Å². The molecule has 0 amide bonds. The molecular formula is C26H17Cl3F3NO8S. The lowest BCUT2D eigenvalue weighted by atomic mass is 10.2. The second-order valence-electron chi connectivity index (χ2n) is 8.21. The van der Waals surface area contributed by atoms with Crippen LogP contribution in [-0.2, 0) is 27.0 Å². The van der Waals surface area contributed by atoms with Crippen LogP contribution in [0.3, 0.4) is 0 Å². The second kappa shape index (κ2) is 13.5. The molecule has 0 aliphatic carbocycles. The number of carbonyl (C=O) groups excluding carboxylic acids is 1. The normalized spacial score (nSPS) is 11.8. The summed E-state index contributed by atoms with van der Waals surface area (Å²) in [7, 11) is 0. The van der Waals surface area contributed by atoms with Crippen molar-refractivity contribution in [2.45, 2.75) is 25.7 Å². The molecule has 0 unspecified atom stereocenters. The summed E-state index contributed by atoms with van der Waals surface area (Å²) in [4.78, 5) is 44.6. The van der Waals surface area contributed by atoms with Crippen molar-refractivity contribution in [3.63, 3.8) is 0 Å². The molecule has 0 radical (unpaired) electrons. The lowest BCUT2D eigenvalue weighted by Gasteiger charge is -2.13. The lowest BCUT2D eigenvalue weighted by molar-refractivity contribution is -0.146. The van der Waals surface area contributed by atoms with Crippen LogP contribution in [0.1, 0.15) is 22.8 Å². The maximum atomic E-state index is 12.7. The molecule has 0 spiro atoms. The van der Waals surface area contributed by atoms with Crippen molar-refractivity contribution in [2.75, 3.05) is 0 Å². The second-order valence-corrected chi connectivity index (χ2v) is 10.4. The number of carboxylic acid groups (broad SMARTS) is 2. The summed E-state index contributed by atoms with van der Waals surface area (Å²) < 4.78 is 50.0. The number of thiazole rings is 1. The van der Waals surface area contributed by atoms with Gasteiger partial charge in [-0.05, 0) is 55.5 Å². The van der Waals surface area contributed by atoms with Crippen LogP contribution in [0.5, 0.6) is 11.5 Å². The molecule has 2 N–H and O–H groups in total. The minimum atomic E-state index is -4.56. The molecule has 4 rings (SSSR count). The van der Waals surface area contributed by atoms with Crippen molar-refractivity contribution in [1.29, 1.82) is 0 Å². The number of carboxylic acids is 2. The van der Waals surface area contributed by atoms with E-state index in [1.54, 1.807) is 18.2 Å². The van der Waals surface area contributed by atoms with E-state index in [0.29, 0.717) is 21.3 Å². The summed E-state index contributed by atoms with van der Waals surface area (Å²) >= 11 is 18.6. The van der Waals surface area contributed by atoms with Crippen molar-refractivity contribution in [2.24, 2.45) is 0 Å². The molecule has 0 aliphatic heterocycles. The molecule has 4 aromatic rings. The zero-order valence-electron chi connectivity index (χ0n) is 20.9. The number of nitrogens with zero attached hydrogens (tertiary/aromatic N) is 1. The Morgan fingerprint density at radius 3 is 2.26 bits per heavy atom. The number of hydrogen-bond donors (Lipinski definition) is 2. The smallest absolute Gasteiger partial charge is 0.416 e. The first-order valence-electron chi connectivity index (χ1n) is 11.4. The number of alkyl halides is 3. The van der Waals surface area contributed by atoms with Crippen LogP contribution in [0.25, 0.3) is 10.2 Å². The predicted octanol–water partition coefficient (Wildman–Crippen LogP) is 7.24. The summed E-state index contributed by atoms with van der Waals surface area (Å²) in [5, 5.41) is 17.5. The Morgan fingerprint density at radius 2 is 1.67 bits per heavy atom. The van der Waals surface area contributed by atoms with Gasteiger partial charge in [0.15, 0.2) is 6.10 Å². The van der Waals surface area contributed by atoms with Crippen LogP contribution in [0.4, 0.5) is 13.2 Å². The fourth-order valence-electron chi connectivity index (χ4n) is 3.24. The summed E-state index contributed by atoms with van der Waals surface area (Å²) in [5.74, 6) is -3.44. The van der Waals surface area contributed by atoms with Crippen LogP contribution in [0.2, 0.25) is 15.1 Å². The van der Waals surface area contributed by atoms with Gasteiger partial charge in [-0.15, -0.1) is 0 Å². The molecule has 9 nitrogen and oxygen atoms in total. The van der Waals surface area contributed by atoms with Crippen molar-refractivity contribution in [1.82, 2.24) is 4.57 Å². The number of aromatic nitrogens is 1. The van der Waals surface area contributed by atoms with Crippen LogP contribution < -0.4 is 9.61 Å². The lowest BCUT2D eigenvalue weighted by Crippen LogP contribution is -2.23. The highest BCUT2D eigenvalue weighted by molar-refractivity contribution is 7.16. The number of para-hydroxylation sites is 1. The number of hydrogen-bond acceptors (Lipinski definition) is 7. The number of halogens is 6. The largest absolute Gasteiger partial charge is 0.480 e. The van der Waals surface area contributed by atoms with Crippen molar-refractivity contribution in [3.05, 3.63) is 90.5 Å². The van der Waals surface area contributed by atoms with Gasteiger partial charge < -0.3 is 19.7 Å². The standard InChI is InChI=1S/C17H11Cl2F3O5.C9H6ClNO3S/c1-8(15(23)24)26-16(25)11-7-10(3-4-12(11)18)27-14-5-2-9(6-13(14)19)17(20,21)22;10-5-2-1-3-6-8(5)11(4-7(12)13)9(14)15-6/h2-8H,1H3,(H,23,24);1-3H,4H2,(H,12,13)/t8-;/m0./s1. The van der Waals surface area contributed by atoms with Gasteiger partial charge >= 0.3 is 29.0 Å². The van der Waals surface area contributed by atoms with Gasteiger partial charge in [-0.25, -0.2) is 9.59 Å². The topological polar surface area (TPSA) is 132 Å². The molecule has 1 heterocycles. The van der Waals surface area contributed by atoms with Gasteiger partial charge in [-0.1, -0.05) is 52.2 Å². The number of benzene rings is 3. The Hall–Kier alpha value is -3.78. The third-order valence-electron chi connectivity index (χ3n) is 5.21. The number of ether oxygens (including phenoxy) is 2. The van der Waals surface area contributed by atoms with Crippen molar-refractivity contribution < 1.29 is 47.2 Å². The van der Waals surface area contributed by atoms with E-state index in [1.807, 2.05) is 0 Å². The third kappa shape index (κ3) is 8.16. The Bertz CT molecular complexity index is 1720. The fourth-order valence-corrected chi connectivity index (χ4v) is 4.91. The molecule has 0 saturated carbocycles. The quantitative estimate of drug-likeness (QED) is 0.198.